The van der Waals surface area contributed by atoms with Gasteiger partial charge in [0.2, 0.25) is 0 Å². The molecule has 0 aliphatic heterocycles. The zero-order valence-electron chi connectivity index (χ0n) is 11.6. The fourth-order valence-corrected chi connectivity index (χ4v) is 1.82. The van der Waals surface area contributed by atoms with Gasteiger partial charge >= 0.3 is 5.97 Å². The number of methoxy groups -OCH3 is 1. The van der Waals surface area contributed by atoms with Crippen LogP contribution in [0.15, 0.2) is 0 Å². The molecule has 0 saturated heterocycles. The van der Waals surface area contributed by atoms with Crippen molar-refractivity contribution < 1.29 is 14.6 Å². The predicted octanol–water partition coefficient (Wildman–Crippen LogP) is 1.86. The Morgan fingerprint density at radius 2 is 2.06 bits per heavy atom. The second-order valence-corrected chi connectivity index (χ2v) is 4.85. The molecule has 2 N–H and O–H groups in total. The Bertz CT molecular complexity index is 217. The normalized spacial score (nSPS) is 16.3. The predicted molar refractivity (Wildman–Crippen MR) is 68.9 cm³/mol. The molecule has 0 rings (SSSR count). The number of unbranched alkanes of at least 4 members (excludes halogenated alkanes) is 1. The van der Waals surface area contributed by atoms with Crippen LogP contribution in [-0.2, 0) is 9.53 Å². The lowest BCUT2D eigenvalue weighted by atomic mass is 10.00. The zero-order chi connectivity index (χ0) is 13.3. The Kier molecular flexibility index (Phi) is 8.17. The number of ether oxygens (including phenoxy) is 1. The van der Waals surface area contributed by atoms with Gasteiger partial charge in [-0.15, -0.1) is 0 Å². The van der Waals surface area contributed by atoms with Crippen LogP contribution in [0, 0.1) is 0 Å². The topological polar surface area (TPSA) is 58.6 Å². The van der Waals surface area contributed by atoms with Crippen molar-refractivity contribution in [3.63, 3.8) is 0 Å². The molecule has 4 nitrogen and oxygen atoms in total. The maximum atomic E-state index is 11.5. The molecular weight excluding hydrogens is 218 g/mol. The highest BCUT2D eigenvalue weighted by Gasteiger charge is 2.24. The summed E-state index contributed by atoms with van der Waals surface area (Å²) in [6.45, 7) is 6.33. The summed E-state index contributed by atoms with van der Waals surface area (Å²) in [7, 11) is 1.40. The van der Waals surface area contributed by atoms with Crippen molar-refractivity contribution in [1.29, 1.82) is 0 Å². The summed E-state index contributed by atoms with van der Waals surface area (Å²) >= 11 is 0. The van der Waals surface area contributed by atoms with Gasteiger partial charge in [0.1, 0.15) is 6.04 Å². The van der Waals surface area contributed by atoms with Gasteiger partial charge in [-0.2, -0.15) is 0 Å². The number of esters is 1. The third-order valence-electron chi connectivity index (χ3n) is 2.85. The molecule has 2 unspecified atom stereocenters. The van der Waals surface area contributed by atoms with E-state index in [1.807, 2.05) is 6.92 Å². The number of carbonyl (C=O) groups excluding carboxylic acids is 1. The van der Waals surface area contributed by atoms with Gasteiger partial charge in [0.15, 0.2) is 0 Å². The van der Waals surface area contributed by atoms with Gasteiger partial charge in [0.05, 0.1) is 12.7 Å². The first kappa shape index (κ1) is 16.4. The van der Waals surface area contributed by atoms with Crippen molar-refractivity contribution in [1.82, 2.24) is 5.32 Å². The van der Waals surface area contributed by atoms with E-state index in [2.05, 4.69) is 12.2 Å². The highest BCUT2D eigenvalue weighted by Crippen LogP contribution is 2.11. The van der Waals surface area contributed by atoms with E-state index >= 15 is 0 Å². The molecule has 0 aromatic carbocycles. The average Bonchev–Trinajstić information content (AvgIpc) is 2.28. The monoisotopic (exact) mass is 245 g/mol. The molecule has 0 aromatic rings. The van der Waals surface area contributed by atoms with Crippen LogP contribution in [0.3, 0.4) is 0 Å². The minimum Gasteiger partial charge on any atom is -0.468 e. The Morgan fingerprint density at radius 3 is 2.53 bits per heavy atom. The van der Waals surface area contributed by atoms with Crippen LogP contribution in [-0.4, -0.2) is 36.4 Å². The van der Waals surface area contributed by atoms with Crippen LogP contribution in [0.2, 0.25) is 0 Å². The molecule has 0 aliphatic carbocycles. The Balaban J connectivity index is 4.19. The summed E-state index contributed by atoms with van der Waals surface area (Å²) in [6.07, 6.45) is 4.42. The van der Waals surface area contributed by atoms with Crippen molar-refractivity contribution in [3.8, 4) is 0 Å². The maximum absolute atomic E-state index is 11.5. The van der Waals surface area contributed by atoms with Crippen molar-refractivity contribution >= 4 is 5.97 Å². The van der Waals surface area contributed by atoms with E-state index in [4.69, 9.17) is 4.74 Å². The lowest BCUT2D eigenvalue weighted by Crippen LogP contribution is -2.46. The quantitative estimate of drug-likeness (QED) is 0.609. The first-order valence-corrected chi connectivity index (χ1v) is 6.50. The molecule has 0 heterocycles. The molecule has 0 aliphatic rings. The van der Waals surface area contributed by atoms with E-state index in [9.17, 15) is 9.90 Å². The molecule has 0 radical (unpaired) electrons. The molecule has 17 heavy (non-hydrogen) atoms. The molecule has 2 atom stereocenters. The second kappa shape index (κ2) is 8.48. The molecule has 0 spiro atoms. The van der Waals surface area contributed by atoms with Crippen LogP contribution < -0.4 is 5.32 Å². The van der Waals surface area contributed by atoms with E-state index in [-0.39, 0.29) is 12.0 Å². The molecule has 0 amide bonds. The summed E-state index contributed by atoms with van der Waals surface area (Å²) in [5, 5.41) is 13.1. The maximum Gasteiger partial charge on any atom is 0.322 e. The minimum atomic E-state index is -0.757. The summed E-state index contributed by atoms with van der Waals surface area (Å²) in [5.74, 6) is -0.245. The Labute approximate surface area is 105 Å². The number of carbonyl (C=O) groups is 1. The van der Waals surface area contributed by atoms with Crippen LogP contribution >= 0.6 is 0 Å². The number of hydrogen-bond acceptors (Lipinski definition) is 4. The van der Waals surface area contributed by atoms with E-state index in [0.29, 0.717) is 6.54 Å². The molecule has 4 heteroatoms. The summed E-state index contributed by atoms with van der Waals surface area (Å²) in [4.78, 5) is 11.5. The van der Waals surface area contributed by atoms with E-state index in [1.165, 1.54) is 7.11 Å². The molecule has 0 aromatic heterocycles. The lowest BCUT2D eigenvalue weighted by Gasteiger charge is -2.26. The molecule has 0 fully saturated rings. The van der Waals surface area contributed by atoms with Gasteiger partial charge < -0.3 is 15.2 Å². The van der Waals surface area contributed by atoms with Gasteiger partial charge in [-0.25, -0.2) is 0 Å². The van der Waals surface area contributed by atoms with Crippen molar-refractivity contribution in [3.05, 3.63) is 0 Å². The van der Waals surface area contributed by atoms with Crippen molar-refractivity contribution in [2.24, 2.45) is 0 Å². The molecule has 0 saturated carbocycles. The fraction of sp³-hybridized carbons (Fsp3) is 0.923. The third-order valence-corrected chi connectivity index (χ3v) is 2.85. The molecular formula is C13H27NO3. The summed E-state index contributed by atoms with van der Waals surface area (Å²) in [5.41, 5.74) is -0.757. The first-order valence-electron chi connectivity index (χ1n) is 6.50. The fourth-order valence-electron chi connectivity index (χ4n) is 1.82. The van der Waals surface area contributed by atoms with Gasteiger partial charge in [-0.05, 0) is 19.8 Å². The number of rotatable bonds is 9. The largest absolute Gasteiger partial charge is 0.468 e. The molecule has 0 bridgehead atoms. The van der Waals surface area contributed by atoms with E-state index in [1.54, 1.807) is 6.92 Å². The van der Waals surface area contributed by atoms with E-state index < -0.39 is 5.60 Å². The Hall–Kier alpha value is -0.610. The SMILES string of the molecule is CCCCC(NCC(C)(O)CCC)C(=O)OC. The van der Waals surface area contributed by atoms with Gasteiger partial charge in [-0.3, -0.25) is 4.79 Å². The van der Waals surface area contributed by atoms with Crippen molar-refractivity contribution in [2.45, 2.75) is 64.5 Å². The first-order chi connectivity index (χ1) is 7.96. The molecule has 102 valence electrons. The number of aliphatic hydroxyl groups is 1. The zero-order valence-corrected chi connectivity index (χ0v) is 11.6. The van der Waals surface area contributed by atoms with E-state index in [0.717, 1.165) is 32.1 Å². The van der Waals surface area contributed by atoms with Crippen LogP contribution in [0.25, 0.3) is 0 Å². The van der Waals surface area contributed by atoms with Crippen LogP contribution in [0.5, 0.6) is 0 Å². The summed E-state index contributed by atoms with van der Waals surface area (Å²) in [6, 6.07) is -0.303. The number of hydrogen-bond donors (Lipinski definition) is 2. The average molecular weight is 245 g/mol. The number of nitrogens with one attached hydrogen (secondary N) is 1. The van der Waals surface area contributed by atoms with Gasteiger partial charge in [0, 0.05) is 6.54 Å². The van der Waals surface area contributed by atoms with Gasteiger partial charge in [0.25, 0.3) is 0 Å². The second-order valence-electron chi connectivity index (χ2n) is 4.85. The Morgan fingerprint density at radius 1 is 1.41 bits per heavy atom. The van der Waals surface area contributed by atoms with Crippen molar-refractivity contribution in [2.75, 3.05) is 13.7 Å². The lowest BCUT2D eigenvalue weighted by molar-refractivity contribution is -0.143. The highest BCUT2D eigenvalue weighted by atomic mass is 16.5. The minimum absolute atomic E-state index is 0.245. The van der Waals surface area contributed by atoms with Crippen LogP contribution in [0.1, 0.15) is 52.9 Å². The third kappa shape index (κ3) is 7.34. The highest BCUT2D eigenvalue weighted by molar-refractivity contribution is 5.75. The smallest absolute Gasteiger partial charge is 0.322 e. The summed E-state index contributed by atoms with van der Waals surface area (Å²) < 4.78 is 4.75. The standard InChI is InChI=1S/C13H27NO3/c1-5-7-8-11(12(15)17-4)14-10-13(3,16)9-6-2/h11,14,16H,5-10H2,1-4H3. The van der Waals surface area contributed by atoms with Crippen LogP contribution in [0.4, 0.5) is 0 Å². The van der Waals surface area contributed by atoms with Gasteiger partial charge in [-0.1, -0.05) is 33.1 Å².